The minimum absolute atomic E-state index is 0.0480. The lowest BCUT2D eigenvalue weighted by Gasteiger charge is -2.12. The van der Waals surface area contributed by atoms with Gasteiger partial charge in [0.2, 0.25) is 5.91 Å². The molecule has 3 rings (SSSR count). The molecule has 1 heterocycles. The molecule has 33 heavy (non-hydrogen) atoms. The minimum atomic E-state index is -4.54. The average Bonchev–Trinajstić information content (AvgIpc) is 3.13. The van der Waals surface area contributed by atoms with Gasteiger partial charge in [-0.3, -0.25) is 9.59 Å². The van der Waals surface area contributed by atoms with Crippen molar-refractivity contribution < 1.29 is 32.2 Å². The van der Waals surface area contributed by atoms with Crippen molar-refractivity contribution in [2.75, 3.05) is 24.9 Å². The van der Waals surface area contributed by atoms with Gasteiger partial charge >= 0.3 is 6.18 Å². The summed E-state index contributed by atoms with van der Waals surface area (Å²) in [6, 6.07) is 9.07. The quantitative estimate of drug-likeness (QED) is 0.555. The lowest BCUT2D eigenvalue weighted by atomic mass is 10.2. The second-order valence-corrected chi connectivity index (χ2v) is 6.83. The van der Waals surface area contributed by atoms with Crippen LogP contribution in [-0.2, 0) is 17.5 Å². The number of carbonyl (C=O) groups is 2. The zero-order chi connectivity index (χ0) is 24.2. The molecule has 9 nitrogen and oxygen atoms in total. The number of anilines is 2. The molecule has 0 radical (unpaired) electrons. The smallest absolute Gasteiger partial charge is 0.416 e. The van der Waals surface area contributed by atoms with Crippen LogP contribution in [0.5, 0.6) is 11.5 Å². The number of carbonyl (C=O) groups excluding carboxylic acids is 2. The van der Waals surface area contributed by atoms with Crippen molar-refractivity contribution in [3.8, 4) is 11.5 Å². The second-order valence-electron chi connectivity index (χ2n) is 6.83. The van der Waals surface area contributed by atoms with E-state index in [2.05, 4.69) is 20.9 Å². The number of alkyl halides is 3. The van der Waals surface area contributed by atoms with Gasteiger partial charge in [-0.1, -0.05) is 11.3 Å². The molecule has 0 bridgehead atoms. The zero-order valence-corrected chi connectivity index (χ0v) is 17.9. The highest BCUT2D eigenvalue weighted by atomic mass is 19.4. The normalized spacial score (nSPS) is 11.1. The Morgan fingerprint density at radius 3 is 2.48 bits per heavy atom. The van der Waals surface area contributed by atoms with Crippen LogP contribution in [0.3, 0.4) is 0 Å². The van der Waals surface area contributed by atoms with E-state index in [0.29, 0.717) is 17.2 Å². The van der Waals surface area contributed by atoms with Crippen molar-refractivity contribution in [2.45, 2.75) is 19.6 Å². The minimum Gasteiger partial charge on any atom is -0.497 e. The summed E-state index contributed by atoms with van der Waals surface area (Å²) in [5.74, 6) is -0.279. The monoisotopic (exact) mass is 463 g/mol. The van der Waals surface area contributed by atoms with Gasteiger partial charge in [0.15, 0.2) is 5.69 Å². The molecular formula is C21H20F3N5O4. The molecule has 0 saturated carbocycles. The molecule has 3 aromatic rings. The first kappa shape index (κ1) is 23.6. The maximum Gasteiger partial charge on any atom is 0.416 e. The van der Waals surface area contributed by atoms with Crippen LogP contribution in [-0.4, -0.2) is 41.0 Å². The van der Waals surface area contributed by atoms with Gasteiger partial charge in [-0.2, -0.15) is 13.2 Å². The molecule has 174 valence electrons. The lowest BCUT2D eigenvalue weighted by Crippen LogP contribution is -2.21. The Labute approximate surface area is 186 Å². The van der Waals surface area contributed by atoms with Crippen LogP contribution in [0.25, 0.3) is 0 Å². The van der Waals surface area contributed by atoms with E-state index in [1.165, 1.54) is 38.0 Å². The molecular weight excluding hydrogens is 443 g/mol. The topological polar surface area (TPSA) is 107 Å². The highest BCUT2D eigenvalue weighted by Gasteiger charge is 2.30. The van der Waals surface area contributed by atoms with Crippen molar-refractivity contribution in [1.82, 2.24) is 15.0 Å². The first-order valence-corrected chi connectivity index (χ1v) is 9.53. The third kappa shape index (κ3) is 5.59. The predicted molar refractivity (Wildman–Crippen MR) is 112 cm³/mol. The Morgan fingerprint density at radius 2 is 1.82 bits per heavy atom. The molecule has 0 saturated heterocycles. The molecule has 0 unspecified atom stereocenters. The maximum atomic E-state index is 12.9. The number of halogens is 3. The van der Waals surface area contributed by atoms with Crippen LogP contribution < -0.4 is 20.1 Å². The molecule has 0 atom stereocenters. The number of amides is 2. The summed E-state index contributed by atoms with van der Waals surface area (Å²) in [5, 5.41) is 12.6. The largest absolute Gasteiger partial charge is 0.497 e. The van der Waals surface area contributed by atoms with Crippen molar-refractivity contribution in [3.63, 3.8) is 0 Å². The van der Waals surface area contributed by atoms with E-state index in [1.54, 1.807) is 18.2 Å². The first-order valence-electron chi connectivity index (χ1n) is 9.53. The number of hydrogen-bond donors (Lipinski definition) is 2. The van der Waals surface area contributed by atoms with E-state index >= 15 is 0 Å². The van der Waals surface area contributed by atoms with Gasteiger partial charge in [0.05, 0.1) is 31.2 Å². The molecule has 2 aromatic carbocycles. The van der Waals surface area contributed by atoms with Crippen LogP contribution in [0, 0.1) is 6.92 Å². The number of methoxy groups -OCH3 is 2. The van der Waals surface area contributed by atoms with Crippen molar-refractivity contribution in [2.24, 2.45) is 0 Å². The standard InChI is InChI=1S/C21H20F3N5O4/c1-12-19(20(31)25-14-6-4-5-13(9-14)21(22,23)24)27-28-29(12)11-18(30)26-16-8-7-15(32-2)10-17(16)33-3/h4-10H,11H2,1-3H3,(H,25,31)(H,26,30). The number of nitrogens with zero attached hydrogens (tertiary/aromatic N) is 3. The highest BCUT2D eigenvalue weighted by molar-refractivity contribution is 6.03. The summed E-state index contributed by atoms with van der Waals surface area (Å²) < 4.78 is 50.1. The van der Waals surface area contributed by atoms with Gasteiger partial charge in [0, 0.05) is 11.8 Å². The average molecular weight is 463 g/mol. The molecule has 0 fully saturated rings. The molecule has 2 amide bonds. The summed E-state index contributed by atoms with van der Waals surface area (Å²) in [6.45, 7) is 1.26. The molecule has 2 N–H and O–H groups in total. The lowest BCUT2D eigenvalue weighted by molar-refractivity contribution is -0.137. The number of ether oxygens (including phenoxy) is 2. The Bertz CT molecular complexity index is 1180. The van der Waals surface area contributed by atoms with Crippen molar-refractivity contribution in [1.29, 1.82) is 0 Å². The van der Waals surface area contributed by atoms with Crippen molar-refractivity contribution in [3.05, 3.63) is 59.4 Å². The molecule has 0 aliphatic rings. The third-order valence-corrected chi connectivity index (χ3v) is 4.62. The number of nitrogens with one attached hydrogen (secondary N) is 2. The molecule has 0 aliphatic heterocycles. The van der Waals surface area contributed by atoms with Crippen LogP contribution in [0.4, 0.5) is 24.5 Å². The van der Waals surface area contributed by atoms with E-state index in [1.807, 2.05) is 0 Å². The summed E-state index contributed by atoms with van der Waals surface area (Å²) in [7, 11) is 2.95. The van der Waals surface area contributed by atoms with E-state index in [9.17, 15) is 22.8 Å². The second kappa shape index (κ2) is 9.59. The van der Waals surface area contributed by atoms with Gasteiger partial charge in [-0.05, 0) is 37.3 Å². The molecule has 0 spiro atoms. The number of hydrogen-bond acceptors (Lipinski definition) is 6. The van der Waals surface area contributed by atoms with Gasteiger partial charge in [0.1, 0.15) is 18.0 Å². The fourth-order valence-electron chi connectivity index (χ4n) is 2.91. The number of aromatic nitrogens is 3. The fourth-order valence-corrected chi connectivity index (χ4v) is 2.91. The zero-order valence-electron chi connectivity index (χ0n) is 17.9. The Morgan fingerprint density at radius 1 is 1.06 bits per heavy atom. The Kier molecular flexibility index (Phi) is 6.85. The van der Waals surface area contributed by atoms with Crippen LogP contribution in [0.15, 0.2) is 42.5 Å². The van der Waals surface area contributed by atoms with Crippen LogP contribution >= 0.6 is 0 Å². The number of benzene rings is 2. The van der Waals surface area contributed by atoms with Gasteiger partial charge < -0.3 is 20.1 Å². The summed E-state index contributed by atoms with van der Waals surface area (Å²) >= 11 is 0. The van der Waals surface area contributed by atoms with Crippen LogP contribution in [0.1, 0.15) is 21.7 Å². The van der Waals surface area contributed by atoms with Crippen LogP contribution in [0.2, 0.25) is 0 Å². The third-order valence-electron chi connectivity index (χ3n) is 4.62. The van der Waals surface area contributed by atoms with Gasteiger partial charge in [0.25, 0.3) is 5.91 Å². The van der Waals surface area contributed by atoms with Gasteiger partial charge in [-0.15, -0.1) is 5.10 Å². The van der Waals surface area contributed by atoms with E-state index in [-0.39, 0.29) is 23.6 Å². The number of rotatable bonds is 7. The van der Waals surface area contributed by atoms with Crippen molar-refractivity contribution >= 4 is 23.2 Å². The fraction of sp³-hybridized carbons (Fsp3) is 0.238. The summed E-state index contributed by atoms with van der Waals surface area (Å²) in [5.41, 5.74) is -0.401. The first-order chi connectivity index (χ1) is 15.6. The molecule has 12 heteroatoms. The van der Waals surface area contributed by atoms with E-state index in [0.717, 1.165) is 12.1 Å². The summed E-state index contributed by atoms with van der Waals surface area (Å²) in [4.78, 5) is 25.0. The van der Waals surface area contributed by atoms with E-state index in [4.69, 9.17) is 9.47 Å². The SMILES string of the molecule is COc1ccc(NC(=O)Cn2nnc(C(=O)Nc3cccc(C(F)(F)F)c3)c2C)c(OC)c1. The summed E-state index contributed by atoms with van der Waals surface area (Å²) in [6.07, 6.45) is -4.54. The van der Waals surface area contributed by atoms with E-state index < -0.39 is 23.6 Å². The van der Waals surface area contributed by atoms with Gasteiger partial charge in [-0.25, -0.2) is 4.68 Å². The Hall–Kier alpha value is -4.09. The molecule has 0 aliphatic carbocycles. The Balaban J connectivity index is 1.69. The molecule has 1 aromatic heterocycles. The maximum absolute atomic E-state index is 12.9. The predicted octanol–water partition coefficient (Wildman–Crippen LogP) is 3.51. The highest BCUT2D eigenvalue weighted by Crippen LogP contribution is 2.31.